The molecule has 2 rings (SSSR count). The Hall–Kier alpha value is -1.66. The first-order chi connectivity index (χ1) is 8.20. The van der Waals surface area contributed by atoms with Gasteiger partial charge >= 0.3 is 0 Å². The van der Waals surface area contributed by atoms with E-state index < -0.39 is 0 Å². The summed E-state index contributed by atoms with van der Waals surface area (Å²) in [5, 5.41) is 4.15. The summed E-state index contributed by atoms with van der Waals surface area (Å²) in [6.07, 6.45) is 9.39. The second-order valence-electron chi connectivity index (χ2n) is 4.21. The zero-order valence-electron chi connectivity index (χ0n) is 10.2. The van der Waals surface area contributed by atoms with Crippen LogP contribution in [-0.2, 0) is 20.5 Å². The van der Waals surface area contributed by atoms with Crippen LogP contribution in [-0.4, -0.2) is 19.3 Å². The van der Waals surface area contributed by atoms with Crippen molar-refractivity contribution < 1.29 is 0 Å². The first-order valence-electron chi connectivity index (χ1n) is 5.60. The van der Waals surface area contributed by atoms with E-state index in [-0.39, 0.29) is 6.04 Å². The molecule has 0 aliphatic rings. The topological polar surface area (TPSA) is 73.7 Å². The highest BCUT2D eigenvalue weighted by molar-refractivity contribution is 5.08. The zero-order valence-corrected chi connectivity index (χ0v) is 10.2. The van der Waals surface area contributed by atoms with Crippen molar-refractivity contribution in [1.29, 1.82) is 0 Å². The van der Waals surface area contributed by atoms with Gasteiger partial charge in [0.1, 0.15) is 0 Å². The van der Waals surface area contributed by atoms with Gasteiger partial charge in [0.2, 0.25) is 0 Å². The summed E-state index contributed by atoms with van der Waals surface area (Å²) in [6, 6.07) is 0.114. The van der Waals surface area contributed by atoms with Crippen LogP contribution in [0.5, 0.6) is 0 Å². The van der Waals surface area contributed by atoms with Crippen molar-refractivity contribution in [2.75, 3.05) is 0 Å². The highest BCUT2D eigenvalue weighted by atomic mass is 15.3. The first kappa shape index (κ1) is 11.8. The molecule has 2 aromatic heterocycles. The van der Waals surface area contributed by atoms with Crippen molar-refractivity contribution in [2.24, 2.45) is 19.9 Å². The van der Waals surface area contributed by atoms with E-state index in [4.69, 9.17) is 5.84 Å². The van der Waals surface area contributed by atoms with Crippen LogP contribution in [0.1, 0.15) is 23.7 Å². The van der Waals surface area contributed by atoms with E-state index in [9.17, 15) is 0 Å². The summed E-state index contributed by atoms with van der Waals surface area (Å²) in [7, 11) is 3.89. The highest BCUT2D eigenvalue weighted by Gasteiger charge is 2.13. The molecule has 92 valence electrons. The van der Waals surface area contributed by atoms with E-state index in [0.717, 1.165) is 18.5 Å². The second-order valence-corrected chi connectivity index (χ2v) is 4.21. The predicted octanol–water partition coefficient (Wildman–Crippen LogP) is 0.291. The van der Waals surface area contributed by atoms with Crippen LogP contribution < -0.4 is 11.3 Å². The van der Waals surface area contributed by atoms with Crippen LogP contribution in [0.3, 0.4) is 0 Å². The molecule has 6 heteroatoms. The molecule has 6 nitrogen and oxygen atoms in total. The van der Waals surface area contributed by atoms with Gasteiger partial charge in [0.25, 0.3) is 0 Å². The number of nitrogens with two attached hydrogens (primary N) is 1. The van der Waals surface area contributed by atoms with Gasteiger partial charge < -0.3 is 4.57 Å². The van der Waals surface area contributed by atoms with E-state index in [1.165, 1.54) is 5.56 Å². The molecule has 0 aliphatic carbocycles. The van der Waals surface area contributed by atoms with E-state index in [0.29, 0.717) is 0 Å². The Labute approximate surface area is 100 Å². The van der Waals surface area contributed by atoms with Gasteiger partial charge in [-0.2, -0.15) is 5.10 Å². The van der Waals surface area contributed by atoms with Crippen molar-refractivity contribution in [2.45, 2.75) is 18.9 Å². The Morgan fingerprint density at radius 2 is 2.24 bits per heavy atom. The maximum absolute atomic E-state index is 5.59. The van der Waals surface area contributed by atoms with E-state index in [1.54, 1.807) is 6.33 Å². The Morgan fingerprint density at radius 3 is 2.76 bits per heavy atom. The fourth-order valence-corrected chi connectivity index (χ4v) is 1.93. The summed E-state index contributed by atoms with van der Waals surface area (Å²) in [4.78, 5) is 4.10. The summed E-state index contributed by atoms with van der Waals surface area (Å²) < 4.78 is 3.79. The monoisotopic (exact) mass is 234 g/mol. The van der Waals surface area contributed by atoms with Crippen LogP contribution >= 0.6 is 0 Å². The third-order valence-electron chi connectivity index (χ3n) is 2.89. The third kappa shape index (κ3) is 2.72. The largest absolute Gasteiger partial charge is 0.336 e. The second kappa shape index (κ2) is 5.11. The molecule has 3 N–H and O–H groups in total. The number of rotatable bonds is 5. The highest BCUT2D eigenvalue weighted by Crippen LogP contribution is 2.17. The number of nitrogens with zero attached hydrogens (tertiary/aromatic N) is 4. The third-order valence-corrected chi connectivity index (χ3v) is 2.89. The van der Waals surface area contributed by atoms with Crippen LogP contribution in [0.25, 0.3) is 0 Å². The number of aryl methyl sites for hydroxylation is 3. The van der Waals surface area contributed by atoms with E-state index >= 15 is 0 Å². The Balaban J connectivity index is 1.99. The lowest BCUT2D eigenvalue weighted by molar-refractivity contribution is 0.491. The Kier molecular flexibility index (Phi) is 3.55. The fraction of sp³-hybridized carbons (Fsp3) is 0.455. The van der Waals surface area contributed by atoms with Gasteiger partial charge in [-0.25, -0.2) is 4.98 Å². The number of imidazole rings is 1. The van der Waals surface area contributed by atoms with Crippen LogP contribution in [0.15, 0.2) is 24.9 Å². The Bertz CT molecular complexity index is 472. The quantitative estimate of drug-likeness (QED) is 0.576. The van der Waals surface area contributed by atoms with E-state index in [2.05, 4.69) is 15.5 Å². The molecule has 0 fully saturated rings. The van der Waals surface area contributed by atoms with Crippen molar-refractivity contribution in [3.05, 3.63) is 36.2 Å². The zero-order chi connectivity index (χ0) is 12.3. The van der Waals surface area contributed by atoms with Gasteiger partial charge in [0.15, 0.2) is 0 Å². The van der Waals surface area contributed by atoms with Crippen molar-refractivity contribution in [1.82, 2.24) is 24.8 Å². The first-order valence-corrected chi connectivity index (χ1v) is 5.60. The molecule has 17 heavy (non-hydrogen) atoms. The summed E-state index contributed by atoms with van der Waals surface area (Å²) in [5.41, 5.74) is 5.15. The SMILES string of the molecule is Cn1cc(CCC(NN)c2cncn2C)cn1. The molecule has 0 bridgehead atoms. The van der Waals surface area contributed by atoms with Crippen LogP contribution in [0, 0.1) is 0 Å². The summed E-state index contributed by atoms with van der Waals surface area (Å²) in [6.45, 7) is 0. The molecule has 0 spiro atoms. The Morgan fingerprint density at radius 1 is 1.41 bits per heavy atom. The van der Waals surface area contributed by atoms with Gasteiger partial charge in [0, 0.05) is 26.5 Å². The van der Waals surface area contributed by atoms with Gasteiger partial charge in [0.05, 0.1) is 24.3 Å². The minimum atomic E-state index is 0.114. The predicted molar refractivity (Wildman–Crippen MR) is 64.8 cm³/mol. The summed E-state index contributed by atoms with van der Waals surface area (Å²) in [5.74, 6) is 5.59. The van der Waals surface area contributed by atoms with Crippen molar-refractivity contribution in [3.8, 4) is 0 Å². The number of hydrazine groups is 1. The molecular weight excluding hydrogens is 216 g/mol. The lowest BCUT2D eigenvalue weighted by Gasteiger charge is -2.15. The summed E-state index contributed by atoms with van der Waals surface area (Å²) >= 11 is 0. The van der Waals surface area contributed by atoms with Gasteiger partial charge in [-0.3, -0.25) is 16.0 Å². The molecule has 0 aromatic carbocycles. The minimum absolute atomic E-state index is 0.114. The molecule has 0 saturated carbocycles. The van der Waals surface area contributed by atoms with E-state index in [1.807, 2.05) is 41.9 Å². The average Bonchev–Trinajstić information content (AvgIpc) is 2.90. The maximum Gasteiger partial charge on any atom is 0.0946 e. The molecule has 0 amide bonds. The van der Waals surface area contributed by atoms with Crippen molar-refractivity contribution in [3.63, 3.8) is 0 Å². The lowest BCUT2D eigenvalue weighted by atomic mass is 10.1. The molecule has 1 atom stereocenters. The maximum atomic E-state index is 5.59. The molecule has 0 aliphatic heterocycles. The van der Waals surface area contributed by atoms with Gasteiger partial charge in [-0.15, -0.1) is 0 Å². The smallest absolute Gasteiger partial charge is 0.0946 e. The van der Waals surface area contributed by atoms with Crippen LogP contribution in [0.4, 0.5) is 0 Å². The standard InChI is InChI=1S/C11H18N6/c1-16-8-13-6-11(16)10(15-12)4-3-9-5-14-17(2)7-9/h5-8,10,15H,3-4,12H2,1-2H3. The van der Waals surface area contributed by atoms with Gasteiger partial charge in [-0.1, -0.05) is 0 Å². The number of hydrogen-bond donors (Lipinski definition) is 2. The van der Waals surface area contributed by atoms with Gasteiger partial charge in [-0.05, 0) is 18.4 Å². The lowest BCUT2D eigenvalue weighted by Crippen LogP contribution is -2.29. The molecule has 2 heterocycles. The number of hydrogen-bond acceptors (Lipinski definition) is 4. The molecule has 0 radical (unpaired) electrons. The molecule has 1 unspecified atom stereocenters. The molecule has 0 saturated heterocycles. The minimum Gasteiger partial charge on any atom is -0.336 e. The molecular formula is C11H18N6. The molecule has 2 aromatic rings. The van der Waals surface area contributed by atoms with Crippen molar-refractivity contribution >= 4 is 0 Å². The fourth-order valence-electron chi connectivity index (χ4n) is 1.93. The number of aromatic nitrogens is 4. The normalized spacial score (nSPS) is 12.9. The number of nitrogens with one attached hydrogen (secondary N) is 1. The average molecular weight is 234 g/mol. The van der Waals surface area contributed by atoms with Crippen LogP contribution in [0.2, 0.25) is 0 Å².